The number of benzene rings is 3. The molecule has 4 amide bonds. The molecule has 4 rings (SSSR count). The molecule has 1 N–H and O–H groups in total. The lowest BCUT2D eigenvalue weighted by atomic mass is 10.1. The van der Waals surface area contributed by atoms with Gasteiger partial charge in [0, 0.05) is 24.7 Å². The van der Waals surface area contributed by atoms with Gasteiger partial charge in [-0.1, -0.05) is 48.0 Å². The zero-order valence-electron chi connectivity index (χ0n) is 19.0. The quantitative estimate of drug-likeness (QED) is 0.571. The molecule has 1 atom stereocenters. The second-order valence-corrected chi connectivity index (χ2v) is 8.30. The van der Waals surface area contributed by atoms with E-state index in [2.05, 4.69) is 5.32 Å². The summed E-state index contributed by atoms with van der Waals surface area (Å²) in [4.78, 5) is 53.8. The van der Waals surface area contributed by atoms with E-state index in [4.69, 9.17) is 0 Å². The molecule has 0 aromatic heterocycles. The van der Waals surface area contributed by atoms with Gasteiger partial charge in [-0.05, 0) is 48.9 Å². The first kappa shape index (κ1) is 22.9. The number of amides is 4. The van der Waals surface area contributed by atoms with Crippen molar-refractivity contribution in [2.24, 2.45) is 0 Å². The lowest BCUT2D eigenvalue weighted by molar-refractivity contribution is -0.122. The van der Waals surface area contributed by atoms with E-state index in [1.54, 1.807) is 42.5 Å². The Hall–Kier alpha value is -4.26. The molecular weight excluding hydrogens is 430 g/mol. The highest BCUT2D eigenvalue weighted by atomic mass is 16.2. The number of nitrogens with one attached hydrogen (secondary N) is 1. The number of carbonyl (C=O) groups is 4. The van der Waals surface area contributed by atoms with Crippen LogP contribution in [-0.2, 0) is 20.9 Å². The van der Waals surface area contributed by atoms with E-state index >= 15 is 0 Å². The summed E-state index contributed by atoms with van der Waals surface area (Å²) in [6.07, 6.45) is -0.101. The van der Waals surface area contributed by atoms with Crippen LogP contribution in [0.2, 0.25) is 0 Å². The lowest BCUT2D eigenvalue weighted by Gasteiger charge is -2.28. The third kappa shape index (κ3) is 4.88. The summed E-state index contributed by atoms with van der Waals surface area (Å²) in [6, 6.07) is 22.1. The minimum atomic E-state index is -0.921. The maximum Gasteiger partial charge on any atom is 0.257 e. The molecule has 0 bridgehead atoms. The summed E-state index contributed by atoms with van der Waals surface area (Å²) in [6.45, 7) is 3.50. The van der Waals surface area contributed by atoms with Crippen molar-refractivity contribution in [2.45, 2.75) is 32.9 Å². The van der Waals surface area contributed by atoms with Crippen molar-refractivity contribution in [2.75, 3.05) is 10.2 Å². The molecule has 3 aromatic carbocycles. The standard InChI is InChI=1S/C27H25N3O4/c1-18-7-6-10-21(15-18)26(33)29(17-20-8-4-3-5-9-20)24-16-25(32)30(27(24)34)23-13-11-22(12-14-23)28-19(2)31/h3-15,24H,16-17H2,1-2H3,(H,28,31). The Morgan fingerprint density at radius 2 is 1.68 bits per heavy atom. The second-order valence-electron chi connectivity index (χ2n) is 8.30. The first-order chi connectivity index (χ1) is 16.3. The van der Waals surface area contributed by atoms with E-state index in [1.807, 2.05) is 43.3 Å². The highest BCUT2D eigenvalue weighted by Crippen LogP contribution is 2.29. The van der Waals surface area contributed by atoms with E-state index in [0.717, 1.165) is 16.0 Å². The average Bonchev–Trinajstić information content (AvgIpc) is 3.11. The molecule has 1 aliphatic rings. The van der Waals surface area contributed by atoms with E-state index in [-0.39, 0.29) is 30.7 Å². The van der Waals surface area contributed by atoms with E-state index in [1.165, 1.54) is 11.8 Å². The van der Waals surface area contributed by atoms with Gasteiger partial charge in [0.25, 0.3) is 11.8 Å². The predicted molar refractivity (Wildman–Crippen MR) is 129 cm³/mol. The summed E-state index contributed by atoms with van der Waals surface area (Å²) in [5, 5.41) is 2.66. The SMILES string of the molecule is CC(=O)Nc1ccc(N2C(=O)CC(N(Cc3ccccc3)C(=O)c3cccc(C)c3)C2=O)cc1. The predicted octanol–water partition coefficient (Wildman–Crippen LogP) is 3.93. The molecular formula is C27H25N3O4. The first-order valence-corrected chi connectivity index (χ1v) is 11.0. The largest absolute Gasteiger partial charge is 0.326 e. The van der Waals surface area contributed by atoms with Crippen molar-refractivity contribution in [3.8, 4) is 0 Å². The van der Waals surface area contributed by atoms with Gasteiger partial charge in [0.2, 0.25) is 11.8 Å². The highest BCUT2D eigenvalue weighted by molar-refractivity contribution is 6.23. The van der Waals surface area contributed by atoms with Gasteiger partial charge in [-0.15, -0.1) is 0 Å². The molecule has 0 spiro atoms. The fourth-order valence-corrected chi connectivity index (χ4v) is 4.08. The lowest BCUT2D eigenvalue weighted by Crippen LogP contribution is -2.45. The van der Waals surface area contributed by atoms with E-state index in [0.29, 0.717) is 16.9 Å². The Kier molecular flexibility index (Phi) is 6.54. The Bertz CT molecular complexity index is 1240. The summed E-state index contributed by atoms with van der Waals surface area (Å²) < 4.78 is 0. The van der Waals surface area contributed by atoms with Crippen LogP contribution >= 0.6 is 0 Å². The second kappa shape index (κ2) is 9.70. The van der Waals surface area contributed by atoms with Gasteiger partial charge < -0.3 is 10.2 Å². The van der Waals surface area contributed by atoms with Crippen LogP contribution in [0, 0.1) is 6.92 Å². The molecule has 34 heavy (non-hydrogen) atoms. The molecule has 0 aliphatic carbocycles. The molecule has 1 aliphatic heterocycles. The van der Waals surface area contributed by atoms with Crippen LogP contribution < -0.4 is 10.2 Å². The van der Waals surface area contributed by atoms with Gasteiger partial charge in [0.05, 0.1) is 12.1 Å². The molecule has 0 radical (unpaired) electrons. The fraction of sp³-hybridized carbons (Fsp3) is 0.185. The van der Waals surface area contributed by atoms with Crippen LogP contribution in [0.15, 0.2) is 78.9 Å². The number of anilines is 2. The van der Waals surface area contributed by atoms with Gasteiger partial charge in [-0.3, -0.25) is 19.2 Å². The van der Waals surface area contributed by atoms with Crippen molar-refractivity contribution < 1.29 is 19.2 Å². The number of imide groups is 1. The molecule has 1 unspecified atom stereocenters. The topological polar surface area (TPSA) is 86.8 Å². The van der Waals surface area contributed by atoms with Crippen molar-refractivity contribution in [1.29, 1.82) is 0 Å². The van der Waals surface area contributed by atoms with Crippen molar-refractivity contribution in [3.05, 3.63) is 95.6 Å². The van der Waals surface area contributed by atoms with Gasteiger partial charge in [-0.25, -0.2) is 4.90 Å². The third-order valence-corrected chi connectivity index (χ3v) is 5.67. The number of carbonyl (C=O) groups excluding carboxylic acids is 4. The van der Waals surface area contributed by atoms with Gasteiger partial charge in [0.15, 0.2) is 0 Å². The van der Waals surface area contributed by atoms with Gasteiger partial charge in [0.1, 0.15) is 6.04 Å². The summed E-state index contributed by atoms with van der Waals surface area (Å²) >= 11 is 0. The van der Waals surface area contributed by atoms with Gasteiger partial charge >= 0.3 is 0 Å². The average molecular weight is 456 g/mol. The Balaban J connectivity index is 1.64. The highest BCUT2D eigenvalue weighted by Gasteiger charge is 2.44. The fourth-order valence-electron chi connectivity index (χ4n) is 4.08. The Morgan fingerprint density at radius 3 is 2.32 bits per heavy atom. The molecule has 0 saturated carbocycles. The van der Waals surface area contributed by atoms with Crippen LogP contribution in [-0.4, -0.2) is 34.6 Å². The first-order valence-electron chi connectivity index (χ1n) is 11.0. The monoisotopic (exact) mass is 455 g/mol. The molecule has 7 heteroatoms. The minimum Gasteiger partial charge on any atom is -0.326 e. The van der Waals surface area contributed by atoms with Crippen LogP contribution in [0.3, 0.4) is 0 Å². The summed E-state index contributed by atoms with van der Waals surface area (Å²) in [7, 11) is 0. The maximum atomic E-state index is 13.5. The summed E-state index contributed by atoms with van der Waals surface area (Å²) in [5.41, 5.74) is 3.22. The molecule has 1 saturated heterocycles. The van der Waals surface area contributed by atoms with Crippen LogP contribution in [0.25, 0.3) is 0 Å². The third-order valence-electron chi connectivity index (χ3n) is 5.67. The van der Waals surface area contributed by atoms with Crippen molar-refractivity contribution in [3.63, 3.8) is 0 Å². The summed E-state index contributed by atoms with van der Waals surface area (Å²) in [5.74, 6) is -1.35. The minimum absolute atomic E-state index is 0.101. The maximum absolute atomic E-state index is 13.5. The van der Waals surface area contributed by atoms with Crippen LogP contribution in [0.4, 0.5) is 11.4 Å². The Labute approximate surface area is 198 Å². The Morgan fingerprint density at radius 1 is 0.971 bits per heavy atom. The molecule has 3 aromatic rings. The number of aryl methyl sites for hydroxylation is 1. The van der Waals surface area contributed by atoms with Crippen molar-refractivity contribution in [1.82, 2.24) is 4.90 Å². The zero-order valence-corrected chi connectivity index (χ0v) is 19.0. The van der Waals surface area contributed by atoms with Crippen LogP contribution in [0.5, 0.6) is 0 Å². The van der Waals surface area contributed by atoms with E-state index < -0.39 is 11.9 Å². The van der Waals surface area contributed by atoms with Crippen LogP contribution in [0.1, 0.15) is 34.8 Å². The normalized spacial score (nSPS) is 15.4. The number of nitrogens with zero attached hydrogens (tertiary/aromatic N) is 2. The number of hydrogen-bond acceptors (Lipinski definition) is 4. The number of rotatable bonds is 6. The molecule has 7 nitrogen and oxygen atoms in total. The van der Waals surface area contributed by atoms with Gasteiger partial charge in [-0.2, -0.15) is 0 Å². The zero-order chi connectivity index (χ0) is 24.2. The number of hydrogen-bond donors (Lipinski definition) is 1. The molecule has 1 heterocycles. The van der Waals surface area contributed by atoms with E-state index in [9.17, 15) is 19.2 Å². The van der Waals surface area contributed by atoms with Crippen molar-refractivity contribution >= 4 is 35.0 Å². The smallest absolute Gasteiger partial charge is 0.257 e. The molecule has 1 fully saturated rings. The molecule has 172 valence electrons.